The molecule has 3 aliphatic rings. The van der Waals surface area contributed by atoms with Gasteiger partial charge in [-0.3, -0.25) is 4.90 Å². The van der Waals surface area contributed by atoms with E-state index in [2.05, 4.69) is 152 Å². The fourth-order valence-electron chi connectivity index (χ4n) is 9.40. The third-order valence-electron chi connectivity index (χ3n) is 12.3. The maximum absolute atomic E-state index is 12.1. The zero-order chi connectivity index (χ0) is 40.4. The highest BCUT2D eigenvalue weighted by Gasteiger charge is 2.52. The lowest BCUT2D eigenvalue weighted by atomic mass is 10.0. The van der Waals surface area contributed by atoms with Crippen LogP contribution in [0.15, 0.2) is 103 Å². The highest BCUT2D eigenvalue weighted by molar-refractivity contribution is 6.99. The third-order valence-corrected chi connectivity index (χ3v) is 17.4. The molecule has 0 radical (unpaired) electrons. The van der Waals surface area contributed by atoms with Crippen LogP contribution in [0.2, 0.25) is 5.04 Å². The lowest BCUT2D eigenvalue weighted by Crippen LogP contribution is -2.67. The molecule has 0 unspecified atom stereocenters. The van der Waals surface area contributed by atoms with Crippen molar-refractivity contribution in [1.29, 1.82) is 5.26 Å². The molecule has 0 saturated carbocycles. The summed E-state index contributed by atoms with van der Waals surface area (Å²) in [5.41, 5.74) is 3.12. The van der Waals surface area contributed by atoms with Gasteiger partial charge >= 0.3 is 12.1 Å². The second-order valence-corrected chi connectivity index (χ2v) is 21.2. The van der Waals surface area contributed by atoms with E-state index in [1.807, 2.05) is 0 Å². The number of nitrogens with zero attached hydrogens (tertiary/aromatic N) is 7. The number of ether oxygens (including phenoxy) is 1. The van der Waals surface area contributed by atoms with Crippen LogP contribution in [-0.4, -0.2) is 104 Å². The number of aromatic nitrogens is 2. The molecule has 2 saturated heterocycles. The molecule has 300 valence electrons. The first kappa shape index (κ1) is 39.3. The topological polar surface area (TPSA) is 118 Å². The van der Waals surface area contributed by atoms with Gasteiger partial charge < -0.3 is 29.0 Å². The van der Waals surface area contributed by atoms with Crippen molar-refractivity contribution < 1.29 is 19.1 Å². The zero-order valence-electron chi connectivity index (χ0n) is 33.9. The van der Waals surface area contributed by atoms with Gasteiger partial charge in [0.2, 0.25) is 0 Å². The van der Waals surface area contributed by atoms with Crippen LogP contribution in [-0.2, 0) is 17.4 Å². The van der Waals surface area contributed by atoms with Crippen LogP contribution in [0.1, 0.15) is 44.9 Å². The summed E-state index contributed by atoms with van der Waals surface area (Å²) in [6.45, 7) is 10.6. The molecule has 4 heterocycles. The van der Waals surface area contributed by atoms with Gasteiger partial charge in [0.15, 0.2) is 0 Å². The quantitative estimate of drug-likeness (QED) is 0.162. The van der Waals surface area contributed by atoms with Gasteiger partial charge in [0, 0.05) is 55.4 Å². The van der Waals surface area contributed by atoms with Crippen molar-refractivity contribution in [2.75, 3.05) is 56.2 Å². The number of fused-ring (bicyclic) bond motifs is 2. The standard InChI is InChI=1S/C46H53N7O4Si/c1-46(2,3)58(37-16-7-5-8-17-37,38-18-9-6-10-19-38)57-36-28-35(50(4)30-36)32-56-44-48-41-31-51(42-21-13-15-33-14-11-12-20-39(33)42)25-23-40(41)43(49-44)52-26-27-53(45(54)55)34(29-52)22-24-47/h5-21,34-36H,22-23,25-32H2,1-4H3,(H,54,55)/t34-,35-,36+/m0/s1. The summed E-state index contributed by atoms with van der Waals surface area (Å²) in [5, 5.41) is 24.3. The van der Waals surface area contributed by atoms with Gasteiger partial charge in [0.25, 0.3) is 8.32 Å². The normalized spacial score (nSPS) is 20.2. The van der Waals surface area contributed by atoms with Gasteiger partial charge in [0.1, 0.15) is 12.4 Å². The van der Waals surface area contributed by atoms with E-state index >= 15 is 0 Å². The van der Waals surface area contributed by atoms with E-state index in [-0.39, 0.29) is 23.6 Å². The Hall–Kier alpha value is -5.48. The highest BCUT2D eigenvalue weighted by atomic mass is 28.4. The number of benzene rings is 4. The van der Waals surface area contributed by atoms with E-state index in [9.17, 15) is 15.2 Å². The predicted octanol–water partition coefficient (Wildman–Crippen LogP) is 6.30. The van der Waals surface area contributed by atoms with Crippen molar-refractivity contribution in [2.24, 2.45) is 0 Å². The molecule has 4 aromatic carbocycles. The van der Waals surface area contributed by atoms with E-state index in [1.54, 1.807) is 0 Å². The first-order chi connectivity index (χ1) is 28.1. The monoisotopic (exact) mass is 795 g/mol. The van der Waals surface area contributed by atoms with E-state index in [4.69, 9.17) is 19.1 Å². The van der Waals surface area contributed by atoms with Crippen LogP contribution < -0.4 is 24.9 Å². The number of likely N-dealkylation sites (tertiary alicyclic amines) is 1. The highest BCUT2D eigenvalue weighted by Crippen LogP contribution is 2.39. The second kappa shape index (κ2) is 16.4. The maximum atomic E-state index is 12.1. The number of anilines is 2. The van der Waals surface area contributed by atoms with Crippen molar-refractivity contribution in [1.82, 2.24) is 19.8 Å². The number of rotatable bonds is 10. The average molecular weight is 796 g/mol. The number of hydrogen-bond donors (Lipinski definition) is 1. The largest absolute Gasteiger partial charge is 0.465 e. The third kappa shape index (κ3) is 7.62. The molecular weight excluding hydrogens is 743 g/mol. The van der Waals surface area contributed by atoms with Crippen molar-refractivity contribution in [3.63, 3.8) is 0 Å². The predicted molar refractivity (Wildman–Crippen MR) is 231 cm³/mol. The van der Waals surface area contributed by atoms with Gasteiger partial charge in [-0.15, -0.1) is 0 Å². The Kier molecular flexibility index (Phi) is 11.1. The van der Waals surface area contributed by atoms with Crippen molar-refractivity contribution in [2.45, 2.75) is 69.8 Å². The Labute approximate surface area is 342 Å². The van der Waals surface area contributed by atoms with Gasteiger partial charge in [0.05, 0.1) is 36.9 Å². The Balaban J connectivity index is 1.07. The summed E-state index contributed by atoms with van der Waals surface area (Å²) in [6.07, 6.45) is 0.641. The number of hydrogen-bond acceptors (Lipinski definition) is 9. The first-order valence-electron chi connectivity index (χ1n) is 20.4. The van der Waals surface area contributed by atoms with Gasteiger partial charge in [-0.2, -0.15) is 15.2 Å². The molecule has 1 N–H and O–H groups in total. The smallest absolute Gasteiger partial charge is 0.407 e. The summed E-state index contributed by atoms with van der Waals surface area (Å²) >= 11 is 0. The van der Waals surface area contributed by atoms with E-state index < -0.39 is 20.5 Å². The minimum atomic E-state index is -2.74. The van der Waals surface area contributed by atoms with Crippen LogP contribution in [0.25, 0.3) is 10.8 Å². The minimum Gasteiger partial charge on any atom is -0.465 e. The van der Waals surface area contributed by atoms with Crippen molar-refractivity contribution in [3.05, 3.63) is 114 Å². The van der Waals surface area contributed by atoms with E-state index in [1.165, 1.54) is 26.0 Å². The first-order valence-corrected chi connectivity index (χ1v) is 22.3. The Bertz CT molecular complexity index is 2240. The molecular formula is C46H53N7O4Si. The molecule has 5 aromatic rings. The lowest BCUT2D eigenvalue weighted by Gasteiger charge is -2.44. The van der Waals surface area contributed by atoms with Crippen LogP contribution in [0.4, 0.5) is 16.3 Å². The van der Waals surface area contributed by atoms with E-state index in [0.717, 1.165) is 48.7 Å². The molecule has 12 heteroatoms. The average Bonchev–Trinajstić information content (AvgIpc) is 3.59. The summed E-state index contributed by atoms with van der Waals surface area (Å²) in [4.78, 5) is 30.5. The summed E-state index contributed by atoms with van der Waals surface area (Å²) in [6, 6.07) is 38.6. The summed E-state index contributed by atoms with van der Waals surface area (Å²) in [7, 11) is -0.602. The Morgan fingerprint density at radius 1 is 0.862 bits per heavy atom. The number of carboxylic acid groups (broad SMARTS) is 1. The van der Waals surface area contributed by atoms with Gasteiger partial charge in [-0.1, -0.05) is 118 Å². The molecule has 0 aliphatic carbocycles. The number of likely N-dealkylation sites (N-methyl/N-ethyl adjacent to an activating group) is 1. The fourth-order valence-corrected chi connectivity index (χ4v) is 14.1. The zero-order valence-corrected chi connectivity index (χ0v) is 34.9. The molecule has 1 aromatic heterocycles. The molecule has 1 amide bonds. The fraction of sp³-hybridized carbons (Fsp3) is 0.391. The van der Waals surface area contributed by atoms with Gasteiger partial charge in [-0.05, 0) is 46.8 Å². The Morgan fingerprint density at radius 2 is 1.55 bits per heavy atom. The van der Waals surface area contributed by atoms with Crippen LogP contribution in [0.3, 0.4) is 0 Å². The molecule has 8 rings (SSSR count). The second-order valence-electron chi connectivity index (χ2n) is 16.9. The van der Waals surface area contributed by atoms with Crippen molar-refractivity contribution in [3.8, 4) is 12.1 Å². The van der Waals surface area contributed by atoms with Crippen LogP contribution in [0, 0.1) is 11.3 Å². The Morgan fingerprint density at radius 3 is 2.24 bits per heavy atom. The molecule has 0 bridgehead atoms. The SMILES string of the molecule is CN1C[C@H](O[Si](c2ccccc2)(c2ccccc2)C(C)(C)C)C[C@H]1COc1nc2c(c(N3CCN(C(=O)O)[C@@H](CC#N)C3)n1)CCN(c1cccc3ccccc13)C2. The number of amides is 1. The molecule has 3 atom stereocenters. The van der Waals surface area contributed by atoms with Gasteiger partial charge in [-0.25, -0.2) is 4.79 Å². The van der Waals surface area contributed by atoms with E-state index in [0.29, 0.717) is 38.8 Å². The molecule has 3 aliphatic heterocycles. The molecule has 11 nitrogen and oxygen atoms in total. The number of carbonyl (C=O) groups is 1. The van der Waals surface area contributed by atoms with Crippen LogP contribution in [0.5, 0.6) is 6.01 Å². The summed E-state index contributed by atoms with van der Waals surface area (Å²) in [5.74, 6) is 0.776. The maximum Gasteiger partial charge on any atom is 0.407 e. The molecule has 2 fully saturated rings. The lowest BCUT2D eigenvalue weighted by molar-refractivity contribution is 0.119. The van der Waals surface area contributed by atoms with Crippen molar-refractivity contribution >= 4 is 47.1 Å². The number of nitriles is 1. The summed E-state index contributed by atoms with van der Waals surface area (Å²) < 4.78 is 14.1. The van der Waals surface area contributed by atoms with Crippen LogP contribution >= 0.6 is 0 Å². The molecule has 58 heavy (non-hydrogen) atoms. The minimum absolute atomic E-state index is 0.00164. The molecule has 0 spiro atoms. The number of piperazine rings is 1.